The Morgan fingerprint density at radius 1 is 1.12 bits per heavy atom. The fraction of sp³-hybridized carbons (Fsp3) is 0.273. The molecular weight excluding hydrogens is 456 g/mol. The molecule has 0 bridgehead atoms. The largest absolute Gasteiger partial charge is 0.484 e. The van der Waals surface area contributed by atoms with E-state index in [9.17, 15) is 23.4 Å². The van der Waals surface area contributed by atoms with E-state index in [1.54, 1.807) is 36.4 Å². The molecule has 0 saturated carbocycles. The lowest BCUT2D eigenvalue weighted by molar-refractivity contribution is -0.0663. The number of benzene rings is 2. The summed E-state index contributed by atoms with van der Waals surface area (Å²) in [5.74, 6) is -0.106. The summed E-state index contributed by atoms with van der Waals surface area (Å²) in [6.07, 6.45) is 1.25. The van der Waals surface area contributed by atoms with Gasteiger partial charge in [0.05, 0.1) is 22.4 Å². The fourth-order valence-corrected chi connectivity index (χ4v) is 3.55. The Bertz CT molecular complexity index is 1260. The number of aromatic nitrogens is 2. The van der Waals surface area contributed by atoms with Crippen LogP contribution >= 0.6 is 11.6 Å². The van der Waals surface area contributed by atoms with Gasteiger partial charge in [0.2, 0.25) is 0 Å². The molecule has 1 atom stereocenters. The lowest BCUT2D eigenvalue weighted by Gasteiger charge is -2.24. The minimum absolute atomic E-state index is 0.106. The van der Waals surface area contributed by atoms with Gasteiger partial charge in [0.25, 0.3) is 0 Å². The zero-order chi connectivity index (χ0) is 23.7. The van der Waals surface area contributed by atoms with Crippen LogP contribution in [0.25, 0.3) is 16.8 Å². The van der Waals surface area contributed by atoms with Gasteiger partial charge in [0.15, 0.2) is 15.6 Å². The second-order valence-electron chi connectivity index (χ2n) is 7.86. The predicted molar refractivity (Wildman–Crippen MR) is 121 cm³/mol. The van der Waals surface area contributed by atoms with Crippen LogP contribution in [0.2, 0.25) is 5.02 Å². The van der Waals surface area contributed by atoms with Crippen molar-refractivity contribution < 1.29 is 23.4 Å². The van der Waals surface area contributed by atoms with Crippen molar-refractivity contribution in [1.29, 1.82) is 0 Å². The monoisotopic (exact) mass is 478 g/mol. The Morgan fingerprint density at radius 2 is 1.72 bits per heavy atom. The number of ether oxygens (including phenoxy) is 1. The standard InChI is InChI=1S/C22H23ClN2O6S/c1-22(2,28)19(26)13-31-20-18(14-4-10-17(11-5-14)32(3,29)30)12-24-25(21(20)27)16-8-6-15(23)7-9-16/h4-12,19,26,28H,13H2,1-3H3/t19-/m0/s1. The zero-order valence-electron chi connectivity index (χ0n) is 17.7. The maximum atomic E-state index is 13.2. The quantitative estimate of drug-likeness (QED) is 0.535. The summed E-state index contributed by atoms with van der Waals surface area (Å²) in [7, 11) is -3.39. The predicted octanol–water partition coefficient (Wildman–Crippen LogP) is 2.47. The Kier molecular flexibility index (Phi) is 6.75. The maximum absolute atomic E-state index is 13.2. The summed E-state index contributed by atoms with van der Waals surface area (Å²) in [5.41, 5.74) is -0.785. The van der Waals surface area contributed by atoms with E-state index in [-0.39, 0.29) is 17.3 Å². The molecule has 1 heterocycles. The van der Waals surface area contributed by atoms with Crippen LogP contribution in [0.4, 0.5) is 0 Å². The van der Waals surface area contributed by atoms with Crippen molar-refractivity contribution in [3.05, 3.63) is 70.1 Å². The molecule has 1 aromatic heterocycles. The van der Waals surface area contributed by atoms with Crippen molar-refractivity contribution in [2.24, 2.45) is 0 Å². The molecule has 3 aromatic rings. The summed E-state index contributed by atoms with van der Waals surface area (Å²) >= 11 is 5.92. The van der Waals surface area contributed by atoms with Crippen LogP contribution in [0.1, 0.15) is 13.8 Å². The summed E-state index contributed by atoms with van der Waals surface area (Å²) < 4.78 is 30.3. The number of nitrogens with zero attached hydrogens (tertiary/aromatic N) is 2. The normalized spacial score (nSPS) is 13.1. The number of aliphatic hydroxyl groups excluding tert-OH is 1. The average molecular weight is 479 g/mol. The number of halogens is 1. The lowest BCUT2D eigenvalue weighted by atomic mass is 10.0. The van der Waals surface area contributed by atoms with E-state index in [1.807, 2.05) is 0 Å². The van der Waals surface area contributed by atoms with Crippen molar-refractivity contribution in [2.75, 3.05) is 12.9 Å². The third-order valence-corrected chi connectivity index (χ3v) is 6.18. The summed E-state index contributed by atoms with van der Waals surface area (Å²) in [4.78, 5) is 13.4. The van der Waals surface area contributed by atoms with Gasteiger partial charge >= 0.3 is 5.56 Å². The minimum Gasteiger partial charge on any atom is -0.484 e. The molecule has 0 aliphatic heterocycles. The van der Waals surface area contributed by atoms with E-state index >= 15 is 0 Å². The molecule has 32 heavy (non-hydrogen) atoms. The first-order valence-corrected chi connectivity index (χ1v) is 11.9. The van der Waals surface area contributed by atoms with E-state index in [1.165, 1.54) is 32.2 Å². The number of rotatable bonds is 7. The molecule has 170 valence electrons. The molecule has 0 spiro atoms. The van der Waals surface area contributed by atoms with E-state index in [0.717, 1.165) is 10.9 Å². The maximum Gasteiger partial charge on any atom is 0.314 e. The van der Waals surface area contributed by atoms with Crippen LogP contribution in [0.3, 0.4) is 0 Å². The highest BCUT2D eigenvalue weighted by atomic mass is 35.5. The third-order valence-electron chi connectivity index (χ3n) is 4.80. The number of aliphatic hydroxyl groups is 2. The van der Waals surface area contributed by atoms with Crippen LogP contribution in [0, 0.1) is 0 Å². The zero-order valence-corrected chi connectivity index (χ0v) is 19.3. The van der Waals surface area contributed by atoms with E-state index < -0.39 is 27.1 Å². The average Bonchev–Trinajstić information content (AvgIpc) is 2.72. The Morgan fingerprint density at radius 3 is 2.25 bits per heavy atom. The van der Waals surface area contributed by atoms with Gasteiger partial charge in [-0.3, -0.25) is 4.79 Å². The van der Waals surface area contributed by atoms with Crippen molar-refractivity contribution in [3.63, 3.8) is 0 Å². The summed E-state index contributed by atoms with van der Waals surface area (Å²) in [6.45, 7) is 2.49. The molecule has 0 aliphatic rings. The first-order valence-electron chi connectivity index (χ1n) is 9.60. The topological polar surface area (TPSA) is 119 Å². The second kappa shape index (κ2) is 9.03. The van der Waals surface area contributed by atoms with Gasteiger partial charge in [-0.25, -0.2) is 8.42 Å². The van der Waals surface area contributed by atoms with Crippen molar-refractivity contribution in [1.82, 2.24) is 9.78 Å². The molecule has 2 N–H and O–H groups in total. The van der Waals surface area contributed by atoms with Crippen molar-refractivity contribution in [2.45, 2.75) is 30.4 Å². The number of hydrogen-bond acceptors (Lipinski definition) is 7. The molecule has 3 rings (SSSR count). The number of sulfone groups is 1. The fourth-order valence-electron chi connectivity index (χ4n) is 2.80. The molecule has 2 aromatic carbocycles. The molecule has 0 amide bonds. The van der Waals surface area contributed by atoms with E-state index in [4.69, 9.17) is 16.3 Å². The number of hydrogen-bond donors (Lipinski definition) is 2. The van der Waals surface area contributed by atoms with E-state index in [2.05, 4.69) is 5.10 Å². The molecule has 0 unspecified atom stereocenters. The summed E-state index contributed by atoms with van der Waals surface area (Å²) in [5, 5.41) is 24.9. The smallest absolute Gasteiger partial charge is 0.314 e. The highest BCUT2D eigenvalue weighted by Crippen LogP contribution is 2.28. The van der Waals surface area contributed by atoms with Gasteiger partial charge in [0, 0.05) is 16.8 Å². The third kappa shape index (κ3) is 5.36. The highest BCUT2D eigenvalue weighted by molar-refractivity contribution is 7.90. The SMILES string of the molecule is CC(C)(O)[C@@H](O)COc1c(-c2ccc(S(C)(=O)=O)cc2)cnn(-c2ccc(Cl)cc2)c1=O. The lowest BCUT2D eigenvalue weighted by Crippen LogP contribution is -2.40. The van der Waals surface area contributed by atoms with Gasteiger partial charge in [-0.2, -0.15) is 9.78 Å². The summed E-state index contributed by atoms with van der Waals surface area (Å²) in [6, 6.07) is 12.4. The van der Waals surface area contributed by atoms with Gasteiger partial charge in [-0.15, -0.1) is 0 Å². The van der Waals surface area contributed by atoms with Crippen molar-refractivity contribution >= 4 is 21.4 Å². The highest BCUT2D eigenvalue weighted by Gasteiger charge is 2.26. The Hall–Kier alpha value is -2.72. The van der Waals surface area contributed by atoms with Crippen molar-refractivity contribution in [3.8, 4) is 22.6 Å². The molecular formula is C22H23ClN2O6S. The van der Waals surface area contributed by atoms with Gasteiger partial charge in [-0.1, -0.05) is 23.7 Å². The van der Waals surface area contributed by atoms with Crippen LogP contribution in [-0.2, 0) is 9.84 Å². The first kappa shape index (κ1) is 23.9. The van der Waals surface area contributed by atoms with Gasteiger partial charge < -0.3 is 14.9 Å². The van der Waals surface area contributed by atoms with Gasteiger partial charge in [-0.05, 0) is 55.8 Å². The Labute approximate surface area is 190 Å². The first-order chi connectivity index (χ1) is 14.9. The van der Waals surface area contributed by atoms with Crippen LogP contribution in [0.15, 0.2) is 64.4 Å². The minimum atomic E-state index is -3.39. The Balaban J connectivity index is 2.10. The molecule has 10 heteroatoms. The van der Waals surface area contributed by atoms with E-state index in [0.29, 0.717) is 21.8 Å². The van der Waals surface area contributed by atoms with Crippen LogP contribution in [0.5, 0.6) is 5.75 Å². The molecule has 0 fully saturated rings. The molecule has 0 radical (unpaired) electrons. The van der Waals surface area contributed by atoms with Crippen LogP contribution in [-0.4, -0.2) is 53.0 Å². The second-order valence-corrected chi connectivity index (χ2v) is 10.3. The van der Waals surface area contributed by atoms with Crippen LogP contribution < -0.4 is 10.3 Å². The molecule has 0 aliphatic carbocycles. The molecule has 8 nitrogen and oxygen atoms in total. The van der Waals surface area contributed by atoms with Gasteiger partial charge in [0.1, 0.15) is 12.7 Å². The molecule has 0 saturated heterocycles.